The van der Waals surface area contributed by atoms with Crippen LogP contribution in [0.4, 0.5) is 0 Å². The van der Waals surface area contributed by atoms with Gasteiger partial charge in [-0.3, -0.25) is 4.98 Å². The van der Waals surface area contributed by atoms with E-state index in [2.05, 4.69) is 25.6 Å². The smallest absolute Gasteiger partial charge is 0.212 e. The highest BCUT2D eigenvalue weighted by Crippen LogP contribution is 2.08. The van der Waals surface area contributed by atoms with Crippen LogP contribution in [0.3, 0.4) is 0 Å². The van der Waals surface area contributed by atoms with E-state index in [1.54, 1.807) is 12.4 Å². The summed E-state index contributed by atoms with van der Waals surface area (Å²) >= 11 is 3.38. The summed E-state index contributed by atoms with van der Waals surface area (Å²) in [6.45, 7) is 0.321. The molecule has 1 heterocycles. The average molecular weight is 369 g/mol. The molecular weight excluding hydrogens is 352 g/mol. The molecule has 0 radical (unpaired) electrons. The topological polar surface area (TPSA) is 59.1 Å². The van der Waals surface area contributed by atoms with Gasteiger partial charge in [0.1, 0.15) is 0 Å². The molecule has 0 saturated heterocycles. The van der Waals surface area contributed by atoms with Gasteiger partial charge in [-0.15, -0.1) is 0 Å². The number of hydrogen-bond acceptors (Lipinski definition) is 3. The zero-order chi connectivity index (χ0) is 15.1. The Morgan fingerprint density at radius 2 is 1.57 bits per heavy atom. The molecule has 1 N–H and O–H groups in total. The van der Waals surface area contributed by atoms with E-state index >= 15 is 0 Å². The Labute approximate surface area is 133 Å². The van der Waals surface area contributed by atoms with Gasteiger partial charge in [0.05, 0.1) is 5.75 Å². The van der Waals surface area contributed by atoms with Crippen LogP contribution in [0.15, 0.2) is 48.8 Å². The zero-order valence-corrected chi connectivity index (χ0v) is 13.9. The fourth-order valence-corrected chi connectivity index (χ4v) is 3.22. The van der Waals surface area contributed by atoms with Crippen molar-refractivity contribution in [2.75, 3.05) is 5.75 Å². The Morgan fingerprint density at radius 3 is 2.19 bits per heavy atom. The third-order valence-electron chi connectivity index (χ3n) is 3.08. The first-order valence-electron chi connectivity index (χ1n) is 6.59. The minimum Gasteiger partial charge on any atom is -0.265 e. The number of pyridine rings is 1. The second-order valence-corrected chi connectivity index (χ2v) is 7.18. The second kappa shape index (κ2) is 7.68. The first-order valence-corrected chi connectivity index (χ1v) is 9.36. The van der Waals surface area contributed by atoms with E-state index < -0.39 is 10.0 Å². The number of nitrogens with one attached hydrogen (secondary N) is 1. The molecule has 1 aromatic carbocycles. The summed E-state index contributed by atoms with van der Waals surface area (Å²) in [6, 6.07) is 11.5. The van der Waals surface area contributed by atoms with Crippen LogP contribution in [0.1, 0.15) is 16.7 Å². The number of halogens is 1. The fourth-order valence-electron chi connectivity index (χ4n) is 1.81. The van der Waals surface area contributed by atoms with Gasteiger partial charge in [0.2, 0.25) is 10.0 Å². The number of aryl methyl sites for hydroxylation is 1. The zero-order valence-electron chi connectivity index (χ0n) is 11.5. The molecule has 0 saturated carbocycles. The quantitative estimate of drug-likeness (QED) is 0.764. The normalized spacial score (nSPS) is 11.5. The maximum atomic E-state index is 12.0. The number of rotatable bonds is 7. The molecule has 0 spiro atoms. The Morgan fingerprint density at radius 1 is 0.952 bits per heavy atom. The van der Waals surface area contributed by atoms with Crippen molar-refractivity contribution in [2.24, 2.45) is 0 Å². The third-order valence-corrected chi connectivity index (χ3v) is 5.06. The molecule has 2 aromatic rings. The summed E-state index contributed by atoms with van der Waals surface area (Å²) in [4.78, 5) is 3.91. The standard InChI is InChI=1S/C15H17BrN2O2S/c16-11-14-1-3-15(4-2-14)12-18-21(19,20)10-7-13-5-8-17-9-6-13/h1-6,8-9,18H,7,10-12H2. The van der Waals surface area contributed by atoms with Gasteiger partial charge < -0.3 is 0 Å². The maximum absolute atomic E-state index is 12.0. The van der Waals surface area contributed by atoms with Gasteiger partial charge in [-0.25, -0.2) is 13.1 Å². The molecule has 0 atom stereocenters. The predicted octanol–water partition coefficient (Wildman–Crippen LogP) is 2.64. The lowest BCUT2D eigenvalue weighted by Gasteiger charge is -2.07. The summed E-state index contributed by atoms with van der Waals surface area (Å²) in [6.07, 6.45) is 3.82. The van der Waals surface area contributed by atoms with Crippen molar-refractivity contribution in [3.05, 3.63) is 65.5 Å². The van der Waals surface area contributed by atoms with E-state index in [4.69, 9.17) is 0 Å². The molecule has 6 heteroatoms. The summed E-state index contributed by atoms with van der Waals surface area (Å²) in [5.41, 5.74) is 3.09. The van der Waals surface area contributed by atoms with Crippen LogP contribution in [0.2, 0.25) is 0 Å². The second-order valence-electron chi connectivity index (χ2n) is 4.70. The molecule has 0 fully saturated rings. The minimum absolute atomic E-state index is 0.0799. The molecular formula is C15H17BrN2O2S. The molecule has 0 aliphatic carbocycles. The van der Waals surface area contributed by atoms with Crippen molar-refractivity contribution in [1.82, 2.24) is 9.71 Å². The van der Waals surface area contributed by atoms with E-state index in [-0.39, 0.29) is 5.75 Å². The van der Waals surface area contributed by atoms with Gasteiger partial charge in [-0.2, -0.15) is 0 Å². The van der Waals surface area contributed by atoms with Crippen LogP contribution >= 0.6 is 15.9 Å². The molecule has 21 heavy (non-hydrogen) atoms. The lowest BCUT2D eigenvalue weighted by Crippen LogP contribution is -2.26. The Kier molecular flexibility index (Phi) is 5.90. The van der Waals surface area contributed by atoms with E-state index in [0.29, 0.717) is 13.0 Å². The van der Waals surface area contributed by atoms with Gasteiger partial charge in [-0.05, 0) is 35.2 Å². The molecule has 0 aliphatic heterocycles. The Bertz CT molecular complexity index is 658. The molecule has 4 nitrogen and oxygen atoms in total. The van der Waals surface area contributed by atoms with Crippen molar-refractivity contribution in [3.8, 4) is 0 Å². The Balaban J connectivity index is 1.85. The minimum atomic E-state index is -3.27. The largest absolute Gasteiger partial charge is 0.265 e. The third kappa shape index (κ3) is 5.57. The lowest BCUT2D eigenvalue weighted by molar-refractivity contribution is 0.580. The van der Waals surface area contributed by atoms with Crippen molar-refractivity contribution >= 4 is 26.0 Å². The van der Waals surface area contributed by atoms with Gasteiger partial charge in [0, 0.05) is 24.3 Å². The number of benzene rings is 1. The maximum Gasteiger partial charge on any atom is 0.212 e. The lowest BCUT2D eigenvalue weighted by atomic mass is 10.2. The van der Waals surface area contributed by atoms with Gasteiger partial charge in [0.25, 0.3) is 0 Å². The highest BCUT2D eigenvalue weighted by Gasteiger charge is 2.10. The summed E-state index contributed by atoms with van der Waals surface area (Å²) in [5.74, 6) is 0.0799. The van der Waals surface area contributed by atoms with Crippen LogP contribution in [0, 0.1) is 0 Å². The van der Waals surface area contributed by atoms with Gasteiger partial charge in [-0.1, -0.05) is 40.2 Å². The first kappa shape index (κ1) is 16.1. The van der Waals surface area contributed by atoms with Crippen molar-refractivity contribution in [3.63, 3.8) is 0 Å². The number of aromatic nitrogens is 1. The van der Waals surface area contributed by atoms with E-state index in [1.165, 1.54) is 5.56 Å². The van der Waals surface area contributed by atoms with Crippen LogP contribution in [-0.2, 0) is 28.3 Å². The van der Waals surface area contributed by atoms with Gasteiger partial charge in [0.15, 0.2) is 0 Å². The number of sulfonamides is 1. The van der Waals surface area contributed by atoms with Crippen molar-refractivity contribution < 1.29 is 8.42 Å². The molecule has 0 amide bonds. The number of hydrogen-bond donors (Lipinski definition) is 1. The van der Waals surface area contributed by atoms with Crippen LogP contribution in [0.25, 0.3) is 0 Å². The van der Waals surface area contributed by atoms with Crippen LogP contribution < -0.4 is 4.72 Å². The number of alkyl halides is 1. The Hall–Kier alpha value is -1.24. The predicted molar refractivity (Wildman–Crippen MR) is 87.6 cm³/mol. The van der Waals surface area contributed by atoms with Gasteiger partial charge >= 0.3 is 0 Å². The van der Waals surface area contributed by atoms with Crippen molar-refractivity contribution in [1.29, 1.82) is 0 Å². The van der Waals surface area contributed by atoms with E-state index in [1.807, 2.05) is 36.4 Å². The molecule has 2 rings (SSSR count). The number of nitrogens with zero attached hydrogens (tertiary/aromatic N) is 1. The monoisotopic (exact) mass is 368 g/mol. The highest BCUT2D eigenvalue weighted by atomic mass is 79.9. The molecule has 112 valence electrons. The first-order chi connectivity index (χ1) is 10.1. The van der Waals surface area contributed by atoms with E-state index in [0.717, 1.165) is 16.5 Å². The molecule has 0 bridgehead atoms. The molecule has 1 aromatic heterocycles. The summed E-state index contributed by atoms with van der Waals surface area (Å²) in [5, 5.41) is 0.797. The molecule has 0 unspecified atom stereocenters. The van der Waals surface area contributed by atoms with E-state index in [9.17, 15) is 8.42 Å². The van der Waals surface area contributed by atoms with Crippen molar-refractivity contribution in [2.45, 2.75) is 18.3 Å². The summed E-state index contributed by atoms with van der Waals surface area (Å²) in [7, 11) is -3.27. The summed E-state index contributed by atoms with van der Waals surface area (Å²) < 4.78 is 26.6. The fraction of sp³-hybridized carbons (Fsp3) is 0.267. The average Bonchev–Trinajstić information content (AvgIpc) is 2.53. The van der Waals surface area contributed by atoms with Crippen LogP contribution in [0.5, 0.6) is 0 Å². The highest BCUT2D eigenvalue weighted by molar-refractivity contribution is 9.08. The van der Waals surface area contributed by atoms with Crippen LogP contribution in [-0.4, -0.2) is 19.2 Å². The SMILES string of the molecule is O=S(=O)(CCc1ccncc1)NCc1ccc(CBr)cc1. The molecule has 0 aliphatic rings.